The number of nitrogens with zero attached hydrogens (tertiary/aromatic N) is 2. The van der Waals surface area contributed by atoms with Crippen LogP contribution in [-0.2, 0) is 13.2 Å². The zero-order chi connectivity index (χ0) is 30.6. The fraction of sp³-hybridized carbons (Fsp3) is 0.241. The number of ether oxygens (including phenoxy) is 1. The van der Waals surface area contributed by atoms with E-state index in [-0.39, 0.29) is 13.0 Å². The second-order valence-corrected chi connectivity index (χ2v) is 9.60. The molecule has 2 heterocycles. The van der Waals surface area contributed by atoms with Gasteiger partial charge in [-0.25, -0.2) is 27.7 Å². The van der Waals surface area contributed by atoms with Crippen molar-refractivity contribution in [1.29, 1.82) is 0 Å². The lowest BCUT2D eigenvalue weighted by atomic mass is 10.1. The van der Waals surface area contributed by atoms with E-state index in [0.29, 0.717) is 17.7 Å². The molecular formula is C29H27F3N4O6. The maximum Gasteiger partial charge on any atom is 0.426 e. The predicted octanol–water partition coefficient (Wildman–Crippen LogP) is 3.86. The third-order valence-electron chi connectivity index (χ3n) is 6.47. The molecule has 220 valence electrons. The lowest BCUT2D eigenvalue weighted by molar-refractivity contribution is 0.0917. The molecule has 0 radical (unpaired) electrons. The normalized spacial score (nSPS) is 16.8. The van der Waals surface area contributed by atoms with Gasteiger partial charge in [-0.15, -0.1) is 0 Å². The van der Waals surface area contributed by atoms with Gasteiger partial charge in [0.05, 0.1) is 6.04 Å². The molecule has 2 atom stereocenters. The van der Waals surface area contributed by atoms with Gasteiger partial charge in [0, 0.05) is 36.5 Å². The molecular weight excluding hydrogens is 557 g/mol. The largest absolute Gasteiger partial charge is 0.482 e. The van der Waals surface area contributed by atoms with Crippen molar-refractivity contribution in [3.63, 3.8) is 0 Å². The van der Waals surface area contributed by atoms with Crippen LogP contribution in [0.5, 0.6) is 5.75 Å². The number of halogens is 3. The van der Waals surface area contributed by atoms with Crippen LogP contribution in [-0.4, -0.2) is 39.8 Å². The third-order valence-corrected chi connectivity index (χ3v) is 6.47. The van der Waals surface area contributed by atoms with Crippen molar-refractivity contribution >= 4 is 17.9 Å². The number of pyridine rings is 1. The van der Waals surface area contributed by atoms with Crippen molar-refractivity contribution in [2.45, 2.75) is 45.5 Å². The van der Waals surface area contributed by atoms with Crippen molar-refractivity contribution in [2.24, 2.45) is 0 Å². The molecule has 1 aliphatic rings. The Labute approximate surface area is 238 Å². The number of nitrogens with one attached hydrogen (secondary N) is 2. The zero-order valence-corrected chi connectivity index (χ0v) is 22.6. The van der Waals surface area contributed by atoms with Crippen LogP contribution >= 0.6 is 0 Å². The van der Waals surface area contributed by atoms with E-state index in [1.807, 2.05) is 0 Å². The zero-order valence-electron chi connectivity index (χ0n) is 22.6. The van der Waals surface area contributed by atoms with Gasteiger partial charge in [0.25, 0.3) is 11.8 Å². The van der Waals surface area contributed by atoms with E-state index in [4.69, 9.17) is 4.74 Å². The molecule has 3 amide bonds. The summed E-state index contributed by atoms with van der Waals surface area (Å²) in [6.45, 7) is 2.26. The first-order valence-electron chi connectivity index (χ1n) is 12.9. The van der Waals surface area contributed by atoms with Crippen molar-refractivity contribution in [2.75, 3.05) is 5.01 Å². The summed E-state index contributed by atoms with van der Waals surface area (Å²) in [6.07, 6.45) is 2.93. The van der Waals surface area contributed by atoms with Gasteiger partial charge < -0.3 is 20.5 Å². The molecule has 0 aliphatic carbocycles. The van der Waals surface area contributed by atoms with Crippen LogP contribution in [0.15, 0.2) is 65.6 Å². The van der Waals surface area contributed by atoms with E-state index < -0.39 is 82.0 Å². The summed E-state index contributed by atoms with van der Waals surface area (Å²) in [7, 11) is 0. The highest BCUT2D eigenvalue weighted by molar-refractivity contribution is 5.99. The van der Waals surface area contributed by atoms with Gasteiger partial charge in [0.1, 0.15) is 29.6 Å². The summed E-state index contributed by atoms with van der Waals surface area (Å²) in [5.74, 6) is -6.28. The Bertz CT molecular complexity index is 1590. The minimum atomic E-state index is -1.50. The molecule has 4 rings (SSSR count). The number of fused-ring (bicyclic) bond motifs is 1. The van der Waals surface area contributed by atoms with Crippen LogP contribution in [0.4, 0.5) is 18.0 Å². The maximum atomic E-state index is 14.2. The fourth-order valence-corrected chi connectivity index (χ4v) is 4.38. The highest BCUT2D eigenvalue weighted by atomic mass is 19.1. The first-order valence-corrected chi connectivity index (χ1v) is 12.9. The SMILES string of the molecule is C[C@@H]1CC=C[C@H](C)NC(=O)c2c(OCc3ccccc3)c(=O)c(C(=O)NCc3c(F)cc(F)cc3F)cn2N1C(=O)O. The van der Waals surface area contributed by atoms with E-state index in [2.05, 4.69) is 10.6 Å². The number of carbonyl (C=O) groups excluding carboxylic acids is 2. The second-order valence-electron chi connectivity index (χ2n) is 9.60. The van der Waals surface area contributed by atoms with Crippen molar-refractivity contribution in [3.05, 3.63) is 111 Å². The first-order chi connectivity index (χ1) is 20.0. The summed E-state index contributed by atoms with van der Waals surface area (Å²) in [6, 6.07) is 8.17. The smallest absolute Gasteiger partial charge is 0.426 e. The average molecular weight is 585 g/mol. The van der Waals surface area contributed by atoms with Crippen molar-refractivity contribution < 1.29 is 37.4 Å². The van der Waals surface area contributed by atoms with Gasteiger partial charge in [0.2, 0.25) is 5.43 Å². The van der Waals surface area contributed by atoms with Crippen LogP contribution in [0.3, 0.4) is 0 Å². The molecule has 13 heteroatoms. The molecule has 0 spiro atoms. The molecule has 0 bridgehead atoms. The van der Waals surface area contributed by atoms with Crippen molar-refractivity contribution in [1.82, 2.24) is 15.3 Å². The number of carbonyl (C=O) groups is 3. The van der Waals surface area contributed by atoms with Crippen LogP contribution in [0.25, 0.3) is 0 Å². The molecule has 3 N–H and O–H groups in total. The Morgan fingerprint density at radius 2 is 1.76 bits per heavy atom. The summed E-state index contributed by atoms with van der Waals surface area (Å²) < 4.78 is 48.3. The summed E-state index contributed by atoms with van der Waals surface area (Å²) in [5.41, 5.74) is -2.27. The van der Waals surface area contributed by atoms with Crippen LogP contribution < -0.4 is 25.8 Å². The Balaban J connectivity index is 1.86. The Hall–Kier alpha value is -5.07. The molecule has 10 nitrogen and oxygen atoms in total. The number of rotatable bonds is 6. The van der Waals surface area contributed by atoms with Gasteiger partial charge in [-0.05, 0) is 25.8 Å². The van der Waals surface area contributed by atoms with Gasteiger partial charge in [-0.1, -0.05) is 42.5 Å². The fourth-order valence-electron chi connectivity index (χ4n) is 4.38. The number of hydrogen-bond acceptors (Lipinski definition) is 5. The van der Waals surface area contributed by atoms with Crippen LogP contribution in [0, 0.1) is 17.5 Å². The monoisotopic (exact) mass is 584 g/mol. The second kappa shape index (κ2) is 12.6. The summed E-state index contributed by atoms with van der Waals surface area (Å²) in [4.78, 5) is 52.8. The summed E-state index contributed by atoms with van der Waals surface area (Å²) >= 11 is 0. The molecule has 0 fully saturated rings. The lowest BCUT2D eigenvalue weighted by Crippen LogP contribution is -2.50. The topological polar surface area (TPSA) is 130 Å². The van der Waals surface area contributed by atoms with E-state index in [9.17, 15) is 37.5 Å². The van der Waals surface area contributed by atoms with Gasteiger partial charge in [0.15, 0.2) is 11.4 Å². The summed E-state index contributed by atoms with van der Waals surface area (Å²) in [5, 5.41) is 15.7. The number of carboxylic acid groups (broad SMARTS) is 1. The van der Waals surface area contributed by atoms with Gasteiger partial charge >= 0.3 is 6.09 Å². The standard InChI is InChI=1S/C29H27F3N4O6/c1-16-7-6-8-17(2)36(29(40)41)35-14-21(27(38)33-13-20-22(31)11-19(30)12-23(20)32)25(37)26(24(35)28(39)34-16)42-15-18-9-4-3-5-10-18/h3-7,9-12,14,16-17H,8,13,15H2,1-2H3,(H,33,38)(H,34,39)(H,40,41)/t16-,17+/m0/s1. The molecule has 1 aromatic heterocycles. The van der Waals surface area contributed by atoms with Crippen LogP contribution in [0.1, 0.15) is 52.2 Å². The van der Waals surface area contributed by atoms with Crippen molar-refractivity contribution in [3.8, 4) is 5.75 Å². The molecule has 0 saturated carbocycles. The minimum Gasteiger partial charge on any atom is -0.482 e. The first kappa shape index (κ1) is 29.9. The molecule has 2 aromatic carbocycles. The van der Waals surface area contributed by atoms with E-state index in [0.717, 1.165) is 15.9 Å². The third kappa shape index (κ3) is 6.45. The van der Waals surface area contributed by atoms with Gasteiger partial charge in [-0.2, -0.15) is 0 Å². The van der Waals surface area contributed by atoms with E-state index in [1.54, 1.807) is 56.3 Å². The molecule has 42 heavy (non-hydrogen) atoms. The minimum absolute atomic E-state index is 0.211. The molecule has 0 unspecified atom stereocenters. The molecule has 0 saturated heterocycles. The Morgan fingerprint density at radius 1 is 1.10 bits per heavy atom. The maximum absolute atomic E-state index is 14.2. The number of hydrogen-bond donors (Lipinski definition) is 3. The average Bonchev–Trinajstić information content (AvgIpc) is 2.92. The molecule has 3 aromatic rings. The lowest BCUT2D eigenvalue weighted by Gasteiger charge is -2.32. The number of benzene rings is 2. The van der Waals surface area contributed by atoms with Gasteiger partial charge in [-0.3, -0.25) is 14.4 Å². The van der Waals surface area contributed by atoms with E-state index >= 15 is 0 Å². The molecule has 1 aliphatic heterocycles. The number of aromatic nitrogens is 1. The number of amides is 3. The highest BCUT2D eigenvalue weighted by Crippen LogP contribution is 2.22. The van der Waals surface area contributed by atoms with Crippen LogP contribution in [0.2, 0.25) is 0 Å². The quantitative estimate of drug-likeness (QED) is 0.378. The Morgan fingerprint density at radius 3 is 2.40 bits per heavy atom. The predicted molar refractivity (Wildman–Crippen MR) is 145 cm³/mol. The Kier molecular flexibility index (Phi) is 8.99. The van der Waals surface area contributed by atoms with E-state index in [1.165, 1.54) is 0 Å². The highest BCUT2D eigenvalue weighted by Gasteiger charge is 2.33.